The van der Waals surface area contributed by atoms with Gasteiger partial charge in [0.1, 0.15) is 17.5 Å². The first-order valence-electron chi connectivity index (χ1n) is 6.08. The van der Waals surface area contributed by atoms with Crippen molar-refractivity contribution in [3.8, 4) is 0 Å². The second-order valence-electron chi connectivity index (χ2n) is 5.63. The molecule has 1 rings (SSSR count). The Balaban J connectivity index is 2.83. The summed E-state index contributed by atoms with van der Waals surface area (Å²) >= 11 is 0. The Morgan fingerprint density at radius 2 is 1.82 bits per heavy atom. The minimum atomic E-state index is 0.222. The highest BCUT2D eigenvalue weighted by Crippen LogP contribution is 2.27. The van der Waals surface area contributed by atoms with E-state index in [0.717, 1.165) is 17.9 Å². The molecule has 1 aromatic heterocycles. The van der Waals surface area contributed by atoms with Crippen LogP contribution < -0.4 is 11.1 Å². The van der Waals surface area contributed by atoms with E-state index in [9.17, 15) is 0 Å². The maximum absolute atomic E-state index is 5.83. The summed E-state index contributed by atoms with van der Waals surface area (Å²) in [7, 11) is 0. The molecule has 1 aromatic rings. The van der Waals surface area contributed by atoms with Crippen LogP contribution in [0.4, 0.5) is 11.6 Å². The molecule has 17 heavy (non-hydrogen) atoms. The Bertz CT molecular complexity index is 397. The summed E-state index contributed by atoms with van der Waals surface area (Å²) in [6.07, 6.45) is 0. The van der Waals surface area contributed by atoms with Crippen molar-refractivity contribution in [1.82, 2.24) is 9.97 Å². The van der Waals surface area contributed by atoms with Gasteiger partial charge in [-0.05, 0) is 25.2 Å². The van der Waals surface area contributed by atoms with Crippen LogP contribution in [-0.4, -0.2) is 16.5 Å². The van der Waals surface area contributed by atoms with Crippen LogP contribution in [0.2, 0.25) is 0 Å². The van der Waals surface area contributed by atoms with Crippen LogP contribution in [0.15, 0.2) is 0 Å². The number of hydrogen-bond donors (Lipinski definition) is 2. The fraction of sp³-hybridized carbons (Fsp3) is 0.692. The van der Waals surface area contributed by atoms with E-state index in [1.165, 1.54) is 0 Å². The highest BCUT2D eigenvalue weighted by molar-refractivity contribution is 5.54. The van der Waals surface area contributed by atoms with Crippen LogP contribution in [0.1, 0.15) is 39.1 Å². The SMILES string of the molecule is Cc1nc(N)c(C)c(NCC(C)(C)C(C)C)n1. The molecule has 0 fully saturated rings. The van der Waals surface area contributed by atoms with Gasteiger partial charge in [0.15, 0.2) is 0 Å². The van der Waals surface area contributed by atoms with Crippen molar-refractivity contribution in [3.05, 3.63) is 11.4 Å². The van der Waals surface area contributed by atoms with Crippen LogP contribution in [0.25, 0.3) is 0 Å². The second kappa shape index (κ2) is 4.90. The number of nitrogen functional groups attached to an aromatic ring is 1. The number of nitrogens with two attached hydrogens (primary N) is 1. The maximum atomic E-state index is 5.83. The average molecular weight is 236 g/mol. The number of anilines is 2. The molecule has 0 atom stereocenters. The van der Waals surface area contributed by atoms with E-state index in [-0.39, 0.29) is 5.41 Å². The van der Waals surface area contributed by atoms with Crippen molar-refractivity contribution in [2.75, 3.05) is 17.6 Å². The van der Waals surface area contributed by atoms with Gasteiger partial charge >= 0.3 is 0 Å². The van der Waals surface area contributed by atoms with Crippen LogP contribution in [-0.2, 0) is 0 Å². The molecule has 0 spiro atoms. The smallest absolute Gasteiger partial charge is 0.134 e. The molecule has 0 saturated carbocycles. The number of hydrogen-bond acceptors (Lipinski definition) is 4. The predicted octanol–water partition coefficient (Wildman–Crippen LogP) is 2.77. The second-order valence-corrected chi connectivity index (χ2v) is 5.63. The summed E-state index contributed by atoms with van der Waals surface area (Å²) < 4.78 is 0. The lowest BCUT2D eigenvalue weighted by Gasteiger charge is -2.30. The first-order chi connectivity index (χ1) is 7.74. The lowest BCUT2D eigenvalue weighted by atomic mass is 9.81. The van der Waals surface area contributed by atoms with Crippen LogP contribution >= 0.6 is 0 Å². The standard InChI is InChI=1S/C13H24N4/c1-8(2)13(5,6)7-15-12-9(3)11(14)16-10(4)17-12/h8H,7H2,1-6H3,(H3,14,15,16,17). The molecule has 4 nitrogen and oxygen atoms in total. The average Bonchev–Trinajstić information content (AvgIpc) is 2.21. The molecule has 1 heterocycles. The quantitative estimate of drug-likeness (QED) is 0.843. The summed E-state index contributed by atoms with van der Waals surface area (Å²) in [6, 6.07) is 0. The minimum Gasteiger partial charge on any atom is -0.383 e. The fourth-order valence-electron chi connectivity index (χ4n) is 1.34. The third-order valence-electron chi connectivity index (χ3n) is 3.57. The molecule has 3 N–H and O–H groups in total. The Morgan fingerprint density at radius 3 is 2.35 bits per heavy atom. The Kier molecular flexibility index (Phi) is 3.96. The maximum Gasteiger partial charge on any atom is 0.134 e. The number of aromatic nitrogens is 2. The van der Waals surface area contributed by atoms with E-state index in [4.69, 9.17) is 5.73 Å². The minimum absolute atomic E-state index is 0.222. The Hall–Kier alpha value is -1.32. The number of rotatable bonds is 4. The van der Waals surface area contributed by atoms with E-state index in [1.54, 1.807) is 0 Å². The lowest BCUT2D eigenvalue weighted by Crippen LogP contribution is -2.29. The van der Waals surface area contributed by atoms with Crippen molar-refractivity contribution in [2.24, 2.45) is 11.3 Å². The predicted molar refractivity (Wildman–Crippen MR) is 73.0 cm³/mol. The molecule has 0 radical (unpaired) electrons. The molecule has 0 aliphatic heterocycles. The highest BCUT2D eigenvalue weighted by Gasteiger charge is 2.22. The van der Waals surface area contributed by atoms with E-state index >= 15 is 0 Å². The molecular formula is C13H24N4. The molecule has 0 saturated heterocycles. The van der Waals surface area contributed by atoms with Gasteiger partial charge in [-0.1, -0.05) is 27.7 Å². The van der Waals surface area contributed by atoms with E-state index in [2.05, 4.69) is 43.0 Å². The molecule has 0 amide bonds. The van der Waals surface area contributed by atoms with Crippen molar-refractivity contribution in [3.63, 3.8) is 0 Å². The third-order valence-corrected chi connectivity index (χ3v) is 3.57. The Morgan fingerprint density at radius 1 is 1.24 bits per heavy atom. The van der Waals surface area contributed by atoms with Crippen LogP contribution in [0.5, 0.6) is 0 Å². The van der Waals surface area contributed by atoms with E-state index in [0.29, 0.717) is 17.6 Å². The first-order valence-corrected chi connectivity index (χ1v) is 6.08. The first kappa shape index (κ1) is 13.7. The van der Waals surface area contributed by atoms with Gasteiger partial charge in [-0.25, -0.2) is 9.97 Å². The largest absolute Gasteiger partial charge is 0.383 e. The molecular weight excluding hydrogens is 212 g/mol. The number of nitrogens with zero attached hydrogens (tertiary/aromatic N) is 2. The van der Waals surface area contributed by atoms with Crippen molar-refractivity contribution < 1.29 is 0 Å². The van der Waals surface area contributed by atoms with Gasteiger partial charge in [0.25, 0.3) is 0 Å². The van der Waals surface area contributed by atoms with Gasteiger partial charge in [-0.15, -0.1) is 0 Å². The lowest BCUT2D eigenvalue weighted by molar-refractivity contribution is 0.269. The zero-order chi connectivity index (χ0) is 13.2. The molecule has 0 unspecified atom stereocenters. The zero-order valence-electron chi connectivity index (χ0n) is 11.8. The normalized spacial score (nSPS) is 11.9. The molecule has 0 aliphatic rings. The van der Waals surface area contributed by atoms with E-state index in [1.807, 2.05) is 13.8 Å². The zero-order valence-corrected chi connectivity index (χ0v) is 11.8. The van der Waals surface area contributed by atoms with Gasteiger partial charge in [0, 0.05) is 12.1 Å². The van der Waals surface area contributed by atoms with Gasteiger partial charge in [0.2, 0.25) is 0 Å². The highest BCUT2D eigenvalue weighted by atomic mass is 15.1. The topological polar surface area (TPSA) is 63.8 Å². The van der Waals surface area contributed by atoms with E-state index < -0.39 is 0 Å². The van der Waals surface area contributed by atoms with Crippen LogP contribution in [0, 0.1) is 25.2 Å². The monoisotopic (exact) mass is 236 g/mol. The van der Waals surface area contributed by atoms with Crippen LogP contribution in [0.3, 0.4) is 0 Å². The molecule has 0 aromatic carbocycles. The Labute approximate surface area is 104 Å². The van der Waals surface area contributed by atoms with Gasteiger partial charge in [-0.2, -0.15) is 0 Å². The fourth-order valence-corrected chi connectivity index (χ4v) is 1.34. The summed E-state index contributed by atoms with van der Waals surface area (Å²) in [6.45, 7) is 13.6. The number of aryl methyl sites for hydroxylation is 1. The van der Waals surface area contributed by atoms with Crippen molar-refractivity contribution >= 4 is 11.6 Å². The summed E-state index contributed by atoms with van der Waals surface area (Å²) in [4.78, 5) is 8.53. The third kappa shape index (κ3) is 3.32. The van der Waals surface area contributed by atoms with Crippen molar-refractivity contribution in [2.45, 2.75) is 41.5 Å². The van der Waals surface area contributed by atoms with Gasteiger partial charge in [0.05, 0.1) is 0 Å². The molecule has 96 valence electrons. The summed E-state index contributed by atoms with van der Waals surface area (Å²) in [5.74, 6) is 2.72. The van der Waals surface area contributed by atoms with Gasteiger partial charge in [-0.3, -0.25) is 0 Å². The van der Waals surface area contributed by atoms with Crippen molar-refractivity contribution in [1.29, 1.82) is 0 Å². The molecule has 4 heteroatoms. The molecule has 0 aliphatic carbocycles. The number of nitrogens with one attached hydrogen (secondary N) is 1. The summed E-state index contributed by atoms with van der Waals surface area (Å²) in [5, 5.41) is 3.39. The summed E-state index contributed by atoms with van der Waals surface area (Å²) in [5.41, 5.74) is 6.98. The molecule has 0 bridgehead atoms. The van der Waals surface area contributed by atoms with Gasteiger partial charge < -0.3 is 11.1 Å².